The third-order valence-corrected chi connectivity index (χ3v) is 1.46. The summed E-state index contributed by atoms with van der Waals surface area (Å²) in [6.07, 6.45) is 3.40. The maximum absolute atomic E-state index is 10.2. The Labute approximate surface area is 70.9 Å². The zero-order valence-electron chi connectivity index (χ0n) is 7.04. The number of carboxylic acid groups (broad SMARTS) is 1. The number of unbranched alkanes of at least 4 members (excludes halogenated alkanes) is 1. The molecule has 0 rings (SSSR count). The Morgan fingerprint density at radius 1 is 1.54 bits per heavy atom. The van der Waals surface area contributed by atoms with Gasteiger partial charge >= 0.3 is 5.97 Å². The van der Waals surface area contributed by atoms with Gasteiger partial charge < -0.3 is 21.0 Å². The first-order valence-electron chi connectivity index (χ1n) is 3.77. The number of carbonyl (C=O) groups is 1. The third kappa shape index (κ3) is 7.80. The first-order chi connectivity index (χ1) is 5.68. The molecule has 0 bridgehead atoms. The summed E-state index contributed by atoms with van der Waals surface area (Å²) in [4.78, 5) is 19.9. The van der Waals surface area contributed by atoms with Crippen molar-refractivity contribution in [1.82, 2.24) is 5.32 Å². The van der Waals surface area contributed by atoms with Gasteiger partial charge in [-0.1, -0.05) is 0 Å². The minimum absolute atomic E-state index is 0. The van der Waals surface area contributed by atoms with Crippen LogP contribution in [0.25, 0.3) is 0 Å². The summed E-state index contributed by atoms with van der Waals surface area (Å²) in [5.74, 6) is -0.982. The van der Waals surface area contributed by atoms with E-state index in [1.54, 1.807) is 0 Å². The Bertz CT molecular complexity index is 155. The molecule has 0 saturated carbocycles. The van der Waals surface area contributed by atoms with E-state index in [4.69, 9.17) is 10.8 Å². The molecule has 1 amide bonds. The number of amides is 1. The van der Waals surface area contributed by atoms with Gasteiger partial charge in [-0.15, -0.1) is 0 Å². The summed E-state index contributed by atoms with van der Waals surface area (Å²) in [7, 11) is 0. The van der Waals surface area contributed by atoms with Crippen LogP contribution in [0.2, 0.25) is 0 Å². The van der Waals surface area contributed by atoms with Crippen LogP contribution >= 0.6 is 0 Å². The van der Waals surface area contributed by atoms with Crippen molar-refractivity contribution in [1.29, 1.82) is 0 Å². The Hall–Kier alpha value is -2.10. The number of nitrogens with one attached hydrogen (secondary N) is 1. The van der Waals surface area contributed by atoms with Crippen molar-refractivity contribution in [3.8, 4) is 0 Å². The van der Waals surface area contributed by atoms with E-state index in [2.05, 4.69) is 5.32 Å². The molecule has 0 aromatic heterocycles. The second kappa shape index (κ2) is 8.00. The van der Waals surface area contributed by atoms with Crippen molar-refractivity contribution in [2.24, 2.45) is 5.73 Å². The largest absolute Gasteiger partial charge is 0.530 e. The summed E-state index contributed by atoms with van der Waals surface area (Å²) in [6.45, 7) is 0.524. The van der Waals surface area contributed by atoms with Crippen LogP contribution in [-0.2, 0) is 9.59 Å². The third-order valence-electron chi connectivity index (χ3n) is 1.46. The van der Waals surface area contributed by atoms with Gasteiger partial charge in [0.25, 0.3) is 0 Å². The molecule has 1 atom stereocenters. The molecule has 82 valence electrons. The molecule has 0 spiro atoms. The van der Waals surface area contributed by atoms with Crippen molar-refractivity contribution < 1.29 is 14.7 Å². The second-order valence-electron chi connectivity index (χ2n) is 2.47. The molecule has 0 aliphatic carbocycles. The van der Waals surface area contributed by atoms with Crippen LogP contribution in [0.3, 0.4) is 0 Å². The molecule has 0 aromatic carbocycles. The SMILES string of the molecule is NC(CCCCN[C-]=O)C(=O)O.[Fm]. The standard InChI is InChI=1S/C7H13N2O3.Fm/c8-6(7(11)12)3-1-2-4-9-5-10;/h6H,1-4,8H2,(H,9,10)(H,11,12);/q-1;. The topological polar surface area (TPSA) is 92.4 Å². The van der Waals surface area contributed by atoms with E-state index in [9.17, 15) is 9.59 Å². The first kappa shape index (κ1) is 13.5. The quantitative estimate of drug-likeness (QED) is 0.281. The minimum Gasteiger partial charge on any atom is -0.530 e. The molecule has 0 heterocycles. The summed E-state index contributed by atoms with van der Waals surface area (Å²) >= 11 is 0. The summed E-state index contributed by atoms with van der Waals surface area (Å²) in [5.41, 5.74) is 5.23. The van der Waals surface area contributed by atoms with Crippen LogP contribution in [0, 0.1) is 0 Å². The van der Waals surface area contributed by atoms with Gasteiger partial charge in [0.1, 0.15) is 6.04 Å². The normalized spacial score (nSPS) is 11.2. The van der Waals surface area contributed by atoms with Crippen molar-refractivity contribution >= 4 is 12.4 Å². The predicted octanol–water partition coefficient (Wildman–Crippen LogP) is -0.775. The number of nitrogens with two attached hydrogens (primary N) is 1. The first-order valence-corrected chi connectivity index (χ1v) is 3.77. The summed E-state index contributed by atoms with van der Waals surface area (Å²) < 4.78 is 0. The van der Waals surface area contributed by atoms with E-state index < -0.39 is 12.0 Å². The maximum atomic E-state index is 10.2. The van der Waals surface area contributed by atoms with Crippen molar-refractivity contribution in [2.75, 3.05) is 6.54 Å². The molecule has 0 saturated heterocycles. The van der Waals surface area contributed by atoms with Crippen LogP contribution in [-0.4, -0.2) is 30.1 Å². The summed E-state index contributed by atoms with van der Waals surface area (Å²) in [5, 5.41) is 10.7. The van der Waals surface area contributed by atoms with Gasteiger partial charge in [-0.3, -0.25) is 4.79 Å². The van der Waals surface area contributed by atoms with Crippen molar-refractivity contribution in [2.45, 2.75) is 25.3 Å². The van der Waals surface area contributed by atoms with E-state index in [1.165, 1.54) is 6.41 Å². The van der Waals surface area contributed by atoms with E-state index in [1.807, 2.05) is 0 Å². The monoisotopic (exact) mass is 430 g/mol. The van der Waals surface area contributed by atoms with Crippen LogP contribution < -0.4 is 11.1 Å². The fraction of sp³-hybridized carbons (Fsp3) is 0.714. The van der Waals surface area contributed by atoms with Crippen LogP contribution in [0.4, 0.5) is 0 Å². The maximum Gasteiger partial charge on any atom is 0.320 e. The number of hydrogen-bond acceptors (Lipinski definition) is 3. The van der Waals surface area contributed by atoms with Crippen LogP contribution in [0.15, 0.2) is 0 Å². The second-order valence-corrected chi connectivity index (χ2v) is 2.47. The average molecular weight is 430 g/mol. The molecule has 0 aliphatic rings. The van der Waals surface area contributed by atoms with E-state index in [0.717, 1.165) is 6.42 Å². The number of carboxylic acids is 1. The van der Waals surface area contributed by atoms with Gasteiger partial charge in [0, 0.05) is 0 Å². The molecule has 0 aromatic rings. The zero-order chi connectivity index (χ0) is 9.40. The Morgan fingerprint density at radius 2 is 2.15 bits per heavy atom. The fourth-order valence-electron chi connectivity index (χ4n) is 0.752. The smallest absolute Gasteiger partial charge is 0.320 e. The van der Waals surface area contributed by atoms with Gasteiger partial charge in [-0.25, -0.2) is 0 Å². The molecule has 5 nitrogen and oxygen atoms in total. The molecule has 0 aliphatic heterocycles. The molecule has 1 unspecified atom stereocenters. The number of carbonyl (C=O) groups excluding carboxylic acids is 1. The summed E-state index contributed by atoms with van der Waals surface area (Å²) in [6, 6.07) is -0.787. The number of hydrogen-bond donors (Lipinski definition) is 3. The number of aliphatic carboxylic acids is 1. The predicted molar refractivity (Wildman–Crippen MR) is 43.2 cm³/mol. The minimum atomic E-state index is -0.982. The molecule has 0 fully saturated rings. The zero-order valence-corrected chi connectivity index (χ0v) is 9.44. The van der Waals surface area contributed by atoms with E-state index in [0.29, 0.717) is 19.4 Å². The molecule has 0 radical (unpaired) electrons. The fourth-order valence-corrected chi connectivity index (χ4v) is 0.752. The van der Waals surface area contributed by atoms with Gasteiger partial charge in [0.05, 0.1) is 0 Å². The van der Waals surface area contributed by atoms with E-state index >= 15 is 0 Å². The van der Waals surface area contributed by atoms with Gasteiger partial charge in [-0.05, 0) is 25.8 Å². The van der Waals surface area contributed by atoms with Crippen molar-refractivity contribution in [3.05, 3.63) is 0 Å². The molecular weight excluding hydrogens is 417 g/mol. The Kier molecular flexibility index (Phi) is 8.30. The number of rotatable bonds is 7. The van der Waals surface area contributed by atoms with Gasteiger partial charge in [-0.2, -0.15) is 6.41 Å². The van der Waals surface area contributed by atoms with Gasteiger partial charge in [0.15, 0.2) is 0 Å². The molecule has 6 heteroatoms. The van der Waals surface area contributed by atoms with Gasteiger partial charge in [0.2, 0.25) is 0 Å². The average Bonchev–Trinajstić information content (AvgIpc) is 2.03. The van der Waals surface area contributed by atoms with Crippen LogP contribution in [0.5, 0.6) is 0 Å². The molecule has 4 N–H and O–H groups in total. The molecular formula is C7H13FmN2O3-. The van der Waals surface area contributed by atoms with Crippen molar-refractivity contribution in [3.63, 3.8) is 0 Å². The van der Waals surface area contributed by atoms with Crippen LogP contribution in [0.1, 0.15) is 19.3 Å². The molecule has 13 heavy (non-hydrogen) atoms. The Balaban J connectivity index is 0. The Morgan fingerprint density at radius 3 is 2.62 bits per heavy atom. The van der Waals surface area contributed by atoms with E-state index in [-0.39, 0.29) is 0 Å².